The van der Waals surface area contributed by atoms with Gasteiger partial charge < -0.3 is 14.5 Å². The van der Waals surface area contributed by atoms with E-state index in [2.05, 4.69) is 10.0 Å². The Balaban J connectivity index is 1.50. The van der Waals surface area contributed by atoms with Crippen LogP contribution in [0.25, 0.3) is 0 Å². The second-order valence-corrected chi connectivity index (χ2v) is 8.61. The van der Waals surface area contributed by atoms with Gasteiger partial charge in [0.1, 0.15) is 11.6 Å². The van der Waals surface area contributed by atoms with E-state index >= 15 is 0 Å². The van der Waals surface area contributed by atoms with Crippen molar-refractivity contribution in [2.24, 2.45) is 0 Å². The molecule has 2 aromatic carbocycles. The summed E-state index contributed by atoms with van der Waals surface area (Å²) in [5, 5.41) is 2.64. The highest BCUT2D eigenvalue weighted by Gasteiger charge is 2.17. The SMILES string of the molecule is C[C@H](NC(=O)COC(=O)c1ccc(S(=O)(=O)NCc2ccco2)cc1)c1ccc(F)cc1. The molecule has 0 aliphatic carbocycles. The van der Waals surface area contributed by atoms with Crippen molar-refractivity contribution >= 4 is 21.9 Å². The summed E-state index contributed by atoms with van der Waals surface area (Å²) in [7, 11) is -3.80. The minimum Gasteiger partial charge on any atom is -0.468 e. The van der Waals surface area contributed by atoms with Crippen LogP contribution in [0.5, 0.6) is 0 Å². The van der Waals surface area contributed by atoms with E-state index in [0.717, 1.165) is 0 Å². The van der Waals surface area contributed by atoms with Crippen LogP contribution in [-0.2, 0) is 26.1 Å². The van der Waals surface area contributed by atoms with Crippen LogP contribution >= 0.6 is 0 Å². The van der Waals surface area contributed by atoms with Gasteiger partial charge in [0.15, 0.2) is 6.61 Å². The molecule has 2 N–H and O–H groups in total. The van der Waals surface area contributed by atoms with Gasteiger partial charge in [0.25, 0.3) is 5.91 Å². The van der Waals surface area contributed by atoms with E-state index in [1.165, 1.54) is 42.7 Å². The predicted molar refractivity (Wildman–Crippen MR) is 112 cm³/mol. The zero-order chi connectivity index (χ0) is 23.1. The monoisotopic (exact) mass is 460 g/mol. The van der Waals surface area contributed by atoms with Crippen LogP contribution in [0.2, 0.25) is 0 Å². The van der Waals surface area contributed by atoms with Crippen molar-refractivity contribution in [2.45, 2.75) is 24.4 Å². The number of furan rings is 1. The van der Waals surface area contributed by atoms with Crippen molar-refractivity contribution < 1.29 is 31.6 Å². The number of hydrogen-bond donors (Lipinski definition) is 2. The van der Waals surface area contributed by atoms with Crippen molar-refractivity contribution in [1.82, 2.24) is 10.0 Å². The Morgan fingerprint density at radius 2 is 1.75 bits per heavy atom. The number of hydrogen-bond acceptors (Lipinski definition) is 6. The molecule has 0 spiro atoms. The average Bonchev–Trinajstić information content (AvgIpc) is 3.30. The molecule has 0 radical (unpaired) electrons. The van der Waals surface area contributed by atoms with E-state index in [-0.39, 0.29) is 22.8 Å². The first-order valence-electron chi connectivity index (χ1n) is 9.58. The van der Waals surface area contributed by atoms with Gasteiger partial charge in [0, 0.05) is 0 Å². The zero-order valence-corrected chi connectivity index (χ0v) is 17.9. The Labute approximate surface area is 184 Å². The van der Waals surface area contributed by atoms with Crippen LogP contribution in [-0.4, -0.2) is 26.9 Å². The van der Waals surface area contributed by atoms with Crippen LogP contribution in [0.4, 0.5) is 4.39 Å². The fourth-order valence-corrected chi connectivity index (χ4v) is 3.76. The summed E-state index contributed by atoms with van der Waals surface area (Å²) >= 11 is 0. The van der Waals surface area contributed by atoms with Crippen molar-refractivity contribution in [3.8, 4) is 0 Å². The number of esters is 1. The standard InChI is InChI=1S/C22H21FN2O6S/c1-15(16-4-8-18(23)9-5-16)25-21(26)14-31-22(27)17-6-10-20(11-7-17)32(28,29)24-13-19-3-2-12-30-19/h2-12,15,24H,13-14H2,1H3,(H,25,26)/t15-/m0/s1. The molecule has 0 bridgehead atoms. The Morgan fingerprint density at radius 3 is 2.38 bits per heavy atom. The number of ether oxygens (including phenoxy) is 1. The Morgan fingerprint density at radius 1 is 1.06 bits per heavy atom. The molecule has 1 atom stereocenters. The van der Waals surface area contributed by atoms with Gasteiger partial charge in [0.2, 0.25) is 10.0 Å². The summed E-state index contributed by atoms with van der Waals surface area (Å²) in [6.45, 7) is 1.19. The van der Waals surface area contributed by atoms with E-state index in [1.807, 2.05) is 0 Å². The lowest BCUT2D eigenvalue weighted by Gasteiger charge is -2.14. The summed E-state index contributed by atoms with van der Waals surface area (Å²) in [5.74, 6) is -1.23. The largest absolute Gasteiger partial charge is 0.468 e. The Kier molecular flexibility index (Phi) is 7.39. The fourth-order valence-electron chi connectivity index (χ4n) is 2.77. The topological polar surface area (TPSA) is 115 Å². The summed E-state index contributed by atoms with van der Waals surface area (Å²) in [4.78, 5) is 24.2. The third-order valence-electron chi connectivity index (χ3n) is 4.50. The number of carbonyl (C=O) groups excluding carboxylic acids is 2. The van der Waals surface area contributed by atoms with E-state index in [9.17, 15) is 22.4 Å². The molecular weight excluding hydrogens is 439 g/mol. The summed E-state index contributed by atoms with van der Waals surface area (Å²) in [6.07, 6.45) is 1.44. The van der Waals surface area contributed by atoms with Crippen LogP contribution in [0.3, 0.4) is 0 Å². The first kappa shape index (κ1) is 23.2. The van der Waals surface area contributed by atoms with E-state index in [0.29, 0.717) is 11.3 Å². The Hall–Kier alpha value is -3.50. The van der Waals surface area contributed by atoms with Crippen molar-refractivity contribution in [3.05, 3.63) is 89.6 Å². The molecule has 0 saturated heterocycles. The maximum atomic E-state index is 13.0. The molecule has 0 saturated carbocycles. The number of nitrogens with one attached hydrogen (secondary N) is 2. The lowest BCUT2D eigenvalue weighted by molar-refractivity contribution is -0.124. The minimum atomic E-state index is -3.80. The molecule has 3 aromatic rings. The molecule has 1 amide bonds. The number of benzene rings is 2. The second kappa shape index (κ2) is 10.2. The van der Waals surface area contributed by atoms with Crippen molar-refractivity contribution in [2.75, 3.05) is 6.61 Å². The maximum absolute atomic E-state index is 13.0. The van der Waals surface area contributed by atoms with E-state index < -0.39 is 34.5 Å². The van der Waals surface area contributed by atoms with Crippen molar-refractivity contribution in [3.63, 3.8) is 0 Å². The summed E-state index contributed by atoms with van der Waals surface area (Å²) in [5.41, 5.74) is 0.790. The molecule has 10 heteroatoms. The van der Waals surface area contributed by atoms with Crippen molar-refractivity contribution in [1.29, 1.82) is 0 Å². The maximum Gasteiger partial charge on any atom is 0.338 e. The molecule has 168 valence electrons. The lowest BCUT2D eigenvalue weighted by Crippen LogP contribution is -2.31. The first-order chi connectivity index (χ1) is 15.2. The van der Waals surface area contributed by atoms with Crippen LogP contribution < -0.4 is 10.0 Å². The highest BCUT2D eigenvalue weighted by Crippen LogP contribution is 2.14. The summed E-state index contributed by atoms with van der Waals surface area (Å²) in [6, 6.07) is 13.7. The van der Waals surface area contributed by atoms with Gasteiger partial charge in [-0.15, -0.1) is 0 Å². The number of sulfonamides is 1. The van der Waals surface area contributed by atoms with Gasteiger partial charge >= 0.3 is 5.97 Å². The van der Waals surface area contributed by atoms with E-state index in [4.69, 9.17) is 9.15 Å². The van der Waals surface area contributed by atoms with Gasteiger partial charge in [-0.1, -0.05) is 12.1 Å². The van der Waals surface area contributed by atoms with Crippen LogP contribution in [0.1, 0.15) is 34.6 Å². The number of amides is 1. The quantitative estimate of drug-likeness (QED) is 0.475. The fraction of sp³-hybridized carbons (Fsp3) is 0.182. The normalized spacial score (nSPS) is 12.2. The molecule has 3 rings (SSSR count). The molecule has 0 aliphatic rings. The number of rotatable bonds is 9. The highest BCUT2D eigenvalue weighted by molar-refractivity contribution is 7.89. The molecule has 1 aromatic heterocycles. The van der Waals surface area contributed by atoms with Gasteiger partial charge in [-0.05, 0) is 61.0 Å². The molecule has 8 nitrogen and oxygen atoms in total. The predicted octanol–water partition coefficient (Wildman–Crippen LogP) is 2.93. The number of halogens is 1. The highest BCUT2D eigenvalue weighted by atomic mass is 32.2. The molecule has 32 heavy (non-hydrogen) atoms. The third kappa shape index (κ3) is 6.25. The Bertz CT molecular complexity index is 1160. The van der Waals surface area contributed by atoms with Gasteiger partial charge in [-0.3, -0.25) is 4.79 Å². The summed E-state index contributed by atoms with van der Waals surface area (Å²) < 4.78 is 50.1. The minimum absolute atomic E-state index is 0.00934. The van der Waals surface area contributed by atoms with Crippen LogP contribution in [0.15, 0.2) is 76.2 Å². The molecular formula is C22H21FN2O6S. The number of carbonyl (C=O) groups is 2. The average molecular weight is 460 g/mol. The molecule has 0 fully saturated rings. The second-order valence-electron chi connectivity index (χ2n) is 6.85. The molecule has 0 aliphatic heterocycles. The zero-order valence-electron chi connectivity index (χ0n) is 17.1. The lowest BCUT2D eigenvalue weighted by atomic mass is 10.1. The van der Waals surface area contributed by atoms with Gasteiger partial charge in [-0.2, -0.15) is 0 Å². The van der Waals surface area contributed by atoms with Gasteiger partial charge in [0.05, 0.1) is 29.3 Å². The van der Waals surface area contributed by atoms with Crippen LogP contribution in [0, 0.1) is 5.82 Å². The van der Waals surface area contributed by atoms with Gasteiger partial charge in [-0.25, -0.2) is 22.3 Å². The smallest absolute Gasteiger partial charge is 0.338 e. The third-order valence-corrected chi connectivity index (χ3v) is 5.92. The molecule has 0 unspecified atom stereocenters. The van der Waals surface area contributed by atoms with E-state index in [1.54, 1.807) is 31.2 Å². The first-order valence-corrected chi connectivity index (χ1v) is 11.1. The molecule has 1 heterocycles.